The van der Waals surface area contributed by atoms with Crippen molar-refractivity contribution in [2.45, 2.75) is 136 Å². The van der Waals surface area contributed by atoms with Crippen LogP contribution in [0.25, 0.3) is 0 Å². The molecule has 7 N–H and O–H groups in total. The lowest BCUT2D eigenvalue weighted by Gasteiger charge is -2.72. The van der Waals surface area contributed by atoms with Crippen molar-refractivity contribution in [3.8, 4) is 0 Å². The molecule has 0 bridgehead atoms. The summed E-state index contributed by atoms with van der Waals surface area (Å²) in [5.74, 6) is 0.822. The normalized spacial score (nSPS) is 54.2. The van der Waals surface area contributed by atoms with Crippen LogP contribution in [-0.4, -0.2) is 99.0 Å². The number of aliphatic hydroxyl groups is 7. The van der Waals surface area contributed by atoms with Gasteiger partial charge in [-0.25, -0.2) is 0 Å². The van der Waals surface area contributed by atoms with Gasteiger partial charge in [0.25, 0.3) is 0 Å². The van der Waals surface area contributed by atoms with Crippen molar-refractivity contribution in [2.24, 2.45) is 50.2 Å². The Morgan fingerprint density at radius 3 is 2.13 bits per heavy atom. The molecule has 9 nitrogen and oxygen atoms in total. The fourth-order valence-corrected chi connectivity index (χ4v) is 12.4. The van der Waals surface area contributed by atoms with E-state index in [-0.39, 0.29) is 64.3 Å². The molecule has 4 saturated carbocycles. The van der Waals surface area contributed by atoms with Crippen LogP contribution in [0.3, 0.4) is 0 Å². The third kappa shape index (κ3) is 4.73. The highest BCUT2D eigenvalue weighted by Crippen LogP contribution is 2.75. The summed E-state index contributed by atoms with van der Waals surface area (Å²) in [5, 5.41) is 73.7. The van der Waals surface area contributed by atoms with E-state index in [2.05, 4.69) is 40.7 Å². The van der Waals surface area contributed by atoms with E-state index in [1.54, 1.807) is 0 Å². The molecule has 1 saturated heterocycles. The maximum absolute atomic E-state index is 11.5. The molecule has 1 heterocycles. The molecule has 45 heavy (non-hydrogen) atoms. The van der Waals surface area contributed by atoms with Gasteiger partial charge in [-0.05, 0) is 104 Å². The number of aliphatic hydroxyl groups excluding tert-OH is 7. The van der Waals surface area contributed by atoms with Crippen molar-refractivity contribution in [1.29, 1.82) is 0 Å². The van der Waals surface area contributed by atoms with Gasteiger partial charge in [0.2, 0.25) is 0 Å². The molecule has 0 aromatic rings. The molecule has 6 rings (SSSR count). The second-order valence-electron chi connectivity index (χ2n) is 17.6. The van der Waals surface area contributed by atoms with E-state index >= 15 is 0 Å². The van der Waals surface area contributed by atoms with Gasteiger partial charge >= 0.3 is 0 Å². The second-order valence-corrected chi connectivity index (χ2v) is 17.6. The average molecular weight is 637 g/mol. The molecule has 0 radical (unpaired) electrons. The zero-order valence-electron chi connectivity index (χ0n) is 28.1. The molecule has 0 aromatic carbocycles. The minimum Gasteiger partial charge on any atom is -0.396 e. The van der Waals surface area contributed by atoms with E-state index in [0.717, 1.165) is 64.2 Å². The summed E-state index contributed by atoms with van der Waals surface area (Å²) in [7, 11) is 0. The molecule has 0 aromatic heterocycles. The molecule has 1 aliphatic heterocycles. The second kappa shape index (κ2) is 11.5. The van der Waals surface area contributed by atoms with E-state index in [1.165, 1.54) is 5.57 Å². The lowest BCUT2D eigenvalue weighted by Crippen LogP contribution is -2.67. The summed E-state index contributed by atoms with van der Waals surface area (Å²) in [6, 6.07) is 0. The number of rotatable bonds is 6. The minimum absolute atomic E-state index is 0.0202. The Morgan fingerprint density at radius 2 is 1.49 bits per heavy atom. The standard InChI is InChI=1S/C36H60O9/c1-31(2)24-8-11-34(5)25(33(24,4)10-9-26(31)45-30-29(43)28(42)27(41)23(17-37)44-30)7-6-21-22-16-32(3,18-38)12-13-35(22,19-39)14-15-36(21,34)20-40/h6,22-30,37-43H,7-20H2,1-5H3/t22-,23+,24?,25?,26-,27+,28-,29+,30-,32-,33-,34+,35+,36-/m0/s1. The summed E-state index contributed by atoms with van der Waals surface area (Å²) in [4.78, 5) is 0. The largest absolute Gasteiger partial charge is 0.396 e. The summed E-state index contributed by atoms with van der Waals surface area (Å²) < 4.78 is 12.2. The number of hydrogen-bond donors (Lipinski definition) is 7. The summed E-state index contributed by atoms with van der Waals surface area (Å²) >= 11 is 0. The smallest absolute Gasteiger partial charge is 0.186 e. The van der Waals surface area contributed by atoms with Crippen LogP contribution in [0.15, 0.2) is 11.6 Å². The zero-order chi connectivity index (χ0) is 32.8. The Labute approximate surface area is 269 Å². The van der Waals surface area contributed by atoms with Crippen LogP contribution in [0.1, 0.15) is 98.8 Å². The summed E-state index contributed by atoms with van der Waals surface area (Å²) in [5.41, 5.74) is 0.229. The van der Waals surface area contributed by atoms with Gasteiger partial charge in [0.15, 0.2) is 6.29 Å². The van der Waals surface area contributed by atoms with Gasteiger partial charge in [0.05, 0.1) is 19.3 Å². The Kier molecular flexibility index (Phi) is 8.74. The van der Waals surface area contributed by atoms with Crippen LogP contribution in [-0.2, 0) is 9.47 Å². The Morgan fingerprint density at radius 1 is 0.778 bits per heavy atom. The fourth-order valence-electron chi connectivity index (χ4n) is 12.4. The van der Waals surface area contributed by atoms with E-state index in [0.29, 0.717) is 11.8 Å². The van der Waals surface area contributed by atoms with Crippen molar-refractivity contribution >= 4 is 0 Å². The maximum atomic E-state index is 11.5. The number of fused-ring (bicyclic) bond motifs is 7. The van der Waals surface area contributed by atoms with E-state index in [9.17, 15) is 35.7 Å². The zero-order valence-corrected chi connectivity index (χ0v) is 28.1. The summed E-state index contributed by atoms with van der Waals surface area (Å²) in [6.45, 7) is 11.5. The Hall–Kier alpha value is -0.620. The van der Waals surface area contributed by atoms with Crippen molar-refractivity contribution < 1.29 is 45.2 Å². The minimum atomic E-state index is -1.47. The molecular formula is C36H60O9. The SMILES string of the molecule is CC1(C)C2CC[C@]3(C)C(CC=C4[C@@H]5C[C@@](C)(CO)CC[C@]5(CO)CC[C@]43CO)[C@@]2(C)CC[C@@H]1O[C@@H]1O[C@H](CO)[C@@H](O)[C@H](O)[C@H]1O. The third-order valence-electron chi connectivity index (χ3n) is 15.4. The molecule has 5 fully saturated rings. The lowest BCUT2D eigenvalue weighted by molar-refractivity contribution is -0.330. The highest BCUT2D eigenvalue weighted by Gasteiger charge is 2.70. The topological polar surface area (TPSA) is 160 Å². The Bertz CT molecular complexity index is 1140. The molecule has 9 heteroatoms. The van der Waals surface area contributed by atoms with E-state index < -0.39 is 37.3 Å². The predicted octanol–water partition coefficient (Wildman–Crippen LogP) is 2.91. The summed E-state index contributed by atoms with van der Waals surface area (Å²) in [6.07, 6.45) is 4.76. The Balaban J connectivity index is 1.30. The van der Waals surface area contributed by atoms with Gasteiger partial charge in [0.1, 0.15) is 24.4 Å². The molecule has 258 valence electrons. The van der Waals surface area contributed by atoms with Crippen LogP contribution in [0.4, 0.5) is 0 Å². The van der Waals surface area contributed by atoms with E-state index in [4.69, 9.17) is 9.47 Å². The van der Waals surface area contributed by atoms with Crippen LogP contribution in [0, 0.1) is 50.2 Å². The number of hydrogen-bond acceptors (Lipinski definition) is 9. The first-order chi connectivity index (χ1) is 21.1. The van der Waals surface area contributed by atoms with Crippen LogP contribution < -0.4 is 0 Å². The maximum Gasteiger partial charge on any atom is 0.186 e. The van der Waals surface area contributed by atoms with Crippen LogP contribution >= 0.6 is 0 Å². The van der Waals surface area contributed by atoms with Crippen molar-refractivity contribution in [3.63, 3.8) is 0 Å². The number of allylic oxidation sites excluding steroid dienone is 1. The van der Waals surface area contributed by atoms with Crippen LogP contribution in [0.2, 0.25) is 0 Å². The van der Waals surface area contributed by atoms with Gasteiger partial charge in [0, 0.05) is 24.0 Å². The first kappa shape index (κ1) is 34.3. The molecule has 0 amide bonds. The highest BCUT2D eigenvalue weighted by molar-refractivity contribution is 5.35. The van der Waals surface area contributed by atoms with Gasteiger partial charge < -0.3 is 45.2 Å². The lowest BCUT2D eigenvalue weighted by atomic mass is 9.33. The molecule has 14 atom stereocenters. The molecule has 5 aliphatic carbocycles. The third-order valence-corrected chi connectivity index (χ3v) is 15.4. The first-order valence-electron chi connectivity index (χ1n) is 17.6. The molecule has 2 unspecified atom stereocenters. The highest BCUT2D eigenvalue weighted by atomic mass is 16.7. The van der Waals surface area contributed by atoms with Crippen molar-refractivity contribution in [1.82, 2.24) is 0 Å². The van der Waals surface area contributed by atoms with Crippen LogP contribution in [0.5, 0.6) is 0 Å². The van der Waals surface area contributed by atoms with E-state index in [1.807, 2.05) is 0 Å². The van der Waals surface area contributed by atoms with Crippen molar-refractivity contribution in [3.05, 3.63) is 11.6 Å². The fraction of sp³-hybridized carbons (Fsp3) is 0.944. The number of ether oxygens (including phenoxy) is 2. The van der Waals surface area contributed by atoms with Crippen molar-refractivity contribution in [2.75, 3.05) is 26.4 Å². The predicted molar refractivity (Wildman–Crippen MR) is 168 cm³/mol. The first-order valence-corrected chi connectivity index (χ1v) is 17.6. The molecule has 6 aliphatic rings. The van der Waals surface area contributed by atoms with Gasteiger partial charge in [-0.15, -0.1) is 0 Å². The molecule has 0 spiro atoms. The quantitative estimate of drug-likeness (QED) is 0.172. The molecular weight excluding hydrogens is 576 g/mol. The van der Waals surface area contributed by atoms with Gasteiger partial charge in [-0.2, -0.15) is 0 Å². The van der Waals surface area contributed by atoms with Gasteiger partial charge in [-0.3, -0.25) is 0 Å². The average Bonchev–Trinajstić information content (AvgIpc) is 3.02. The van der Waals surface area contributed by atoms with Gasteiger partial charge in [-0.1, -0.05) is 46.3 Å². The monoisotopic (exact) mass is 636 g/mol.